The standard InChI is InChI=1S/C17H17ClN2O/c18-15-13(7-4-8-14(15)19)17(21)20-16(12-9-10-12)11-5-2-1-3-6-11/h1-8,12,16H,9-10,19H2,(H,20,21). The summed E-state index contributed by atoms with van der Waals surface area (Å²) in [4.78, 5) is 12.5. The summed E-state index contributed by atoms with van der Waals surface area (Å²) in [6.45, 7) is 0. The van der Waals surface area contributed by atoms with Crippen molar-refractivity contribution < 1.29 is 4.79 Å². The van der Waals surface area contributed by atoms with Gasteiger partial charge in [-0.1, -0.05) is 48.0 Å². The summed E-state index contributed by atoms with van der Waals surface area (Å²) < 4.78 is 0. The molecule has 1 amide bonds. The van der Waals surface area contributed by atoms with E-state index in [-0.39, 0.29) is 11.9 Å². The van der Waals surface area contributed by atoms with Gasteiger partial charge in [0, 0.05) is 0 Å². The number of carbonyl (C=O) groups excluding carboxylic acids is 1. The van der Waals surface area contributed by atoms with Gasteiger partial charge in [0.2, 0.25) is 0 Å². The highest BCUT2D eigenvalue weighted by atomic mass is 35.5. The van der Waals surface area contributed by atoms with Gasteiger partial charge in [-0.25, -0.2) is 0 Å². The largest absolute Gasteiger partial charge is 0.398 e. The molecule has 2 aromatic rings. The highest BCUT2D eigenvalue weighted by molar-refractivity contribution is 6.36. The number of benzene rings is 2. The molecule has 4 heteroatoms. The zero-order valence-electron chi connectivity index (χ0n) is 11.6. The number of hydrogen-bond donors (Lipinski definition) is 2. The molecule has 0 heterocycles. The summed E-state index contributed by atoms with van der Waals surface area (Å²) in [5, 5.41) is 3.42. The van der Waals surface area contributed by atoms with Crippen LogP contribution in [0.4, 0.5) is 5.69 Å². The molecule has 0 saturated heterocycles. The maximum Gasteiger partial charge on any atom is 0.253 e. The molecular formula is C17H17ClN2O. The number of halogens is 1. The Morgan fingerprint density at radius 2 is 1.86 bits per heavy atom. The number of carbonyl (C=O) groups is 1. The van der Waals surface area contributed by atoms with Crippen LogP contribution in [0.15, 0.2) is 48.5 Å². The van der Waals surface area contributed by atoms with Gasteiger partial charge in [0.05, 0.1) is 22.3 Å². The fraction of sp³-hybridized carbons (Fsp3) is 0.235. The van der Waals surface area contributed by atoms with E-state index in [4.69, 9.17) is 17.3 Å². The first kappa shape index (κ1) is 14.0. The van der Waals surface area contributed by atoms with E-state index in [9.17, 15) is 4.79 Å². The lowest BCUT2D eigenvalue weighted by atomic mass is 10.0. The molecule has 1 unspecified atom stereocenters. The van der Waals surface area contributed by atoms with Crippen LogP contribution in [-0.2, 0) is 0 Å². The van der Waals surface area contributed by atoms with Crippen molar-refractivity contribution in [3.05, 3.63) is 64.7 Å². The zero-order valence-corrected chi connectivity index (χ0v) is 12.3. The van der Waals surface area contributed by atoms with E-state index in [0.29, 0.717) is 22.2 Å². The lowest BCUT2D eigenvalue weighted by Crippen LogP contribution is -2.30. The van der Waals surface area contributed by atoms with Gasteiger partial charge >= 0.3 is 0 Å². The molecule has 2 aromatic carbocycles. The quantitative estimate of drug-likeness (QED) is 0.844. The highest BCUT2D eigenvalue weighted by Crippen LogP contribution is 2.41. The SMILES string of the molecule is Nc1cccc(C(=O)NC(c2ccccc2)C2CC2)c1Cl. The molecule has 21 heavy (non-hydrogen) atoms. The smallest absolute Gasteiger partial charge is 0.253 e. The molecule has 3 N–H and O–H groups in total. The number of nitrogen functional groups attached to an aromatic ring is 1. The molecule has 1 fully saturated rings. The normalized spacial score (nSPS) is 15.5. The second kappa shape index (κ2) is 5.78. The summed E-state index contributed by atoms with van der Waals surface area (Å²) in [7, 11) is 0. The van der Waals surface area contributed by atoms with Gasteiger partial charge < -0.3 is 11.1 Å². The third-order valence-electron chi connectivity index (χ3n) is 3.81. The van der Waals surface area contributed by atoms with E-state index in [2.05, 4.69) is 5.32 Å². The van der Waals surface area contributed by atoms with Gasteiger partial charge in [0.1, 0.15) is 0 Å². The van der Waals surface area contributed by atoms with Gasteiger partial charge in [0.15, 0.2) is 0 Å². The van der Waals surface area contributed by atoms with E-state index < -0.39 is 0 Å². The number of rotatable bonds is 4. The summed E-state index contributed by atoms with van der Waals surface area (Å²) in [6, 6.07) is 15.2. The monoisotopic (exact) mass is 300 g/mol. The number of hydrogen-bond acceptors (Lipinski definition) is 2. The summed E-state index contributed by atoms with van der Waals surface area (Å²) in [5.41, 5.74) is 7.75. The Bertz CT molecular complexity index is 653. The van der Waals surface area contributed by atoms with Gasteiger partial charge in [0.25, 0.3) is 5.91 Å². The Morgan fingerprint density at radius 3 is 2.52 bits per heavy atom. The van der Waals surface area contributed by atoms with Crippen LogP contribution in [-0.4, -0.2) is 5.91 Å². The van der Waals surface area contributed by atoms with Crippen molar-refractivity contribution in [2.75, 3.05) is 5.73 Å². The number of anilines is 1. The predicted molar refractivity (Wildman–Crippen MR) is 85.2 cm³/mol. The average molecular weight is 301 g/mol. The molecule has 1 aliphatic carbocycles. The fourth-order valence-electron chi connectivity index (χ4n) is 2.51. The molecule has 1 aliphatic rings. The summed E-state index contributed by atoms with van der Waals surface area (Å²) >= 11 is 6.13. The van der Waals surface area contributed by atoms with Crippen LogP contribution in [0.25, 0.3) is 0 Å². The summed E-state index contributed by atoms with van der Waals surface area (Å²) in [6.07, 6.45) is 2.29. The van der Waals surface area contributed by atoms with E-state index in [1.807, 2.05) is 30.3 Å². The van der Waals surface area contributed by atoms with Crippen LogP contribution < -0.4 is 11.1 Å². The number of nitrogens with two attached hydrogens (primary N) is 1. The topological polar surface area (TPSA) is 55.1 Å². The van der Waals surface area contributed by atoms with Crippen molar-refractivity contribution >= 4 is 23.2 Å². The fourth-order valence-corrected chi connectivity index (χ4v) is 2.72. The first-order valence-corrected chi connectivity index (χ1v) is 7.44. The molecule has 0 radical (unpaired) electrons. The molecule has 1 saturated carbocycles. The molecule has 108 valence electrons. The molecule has 0 spiro atoms. The van der Waals surface area contributed by atoms with Crippen molar-refractivity contribution in [1.29, 1.82) is 0 Å². The van der Waals surface area contributed by atoms with E-state index >= 15 is 0 Å². The van der Waals surface area contributed by atoms with Gasteiger partial charge in [-0.3, -0.25) is 4.79 Å². The lowest BCUT2D eigenvalue weighted by Gasteiger charge is -2.19. The van der Waals surface area contributed by atoms with Crippen LogP contribution >= 0.6 is 11.6 Å². The molecular weight excluding hydrogens is 284 g/mol. The maximum absolute atomic E-state index is 12.5. The Balaban J connectivity index is 1.83. The minimum atomic E-state index is -0.173. The van der Waals surface area contributed by atoms with Crippen molar-refractivity contribution in [3.8, 4) is 0 Å². The van der Waals surface area contributed by atoms with E-state index in [0.717, 1.165) is 18.4 Å². The Labute approximate surface area is 129 Å². The van der Waals surface area contributed by atoms with E-state index in [1.54, 1.807) is 18.2 Å². The van der Waals surface area contributed by atoms with Crippen LogP contribution in [0.2, 0.25) is 5.02 Å². The van der Waals surface area contributed by atoms with Gasteiger partial charge in [-0.05, 0) is 36.5 Å². The summed E-state index contributed by atoms with van der Waals surface area (Å²) in [5.74, 6) is 0.337. The number of nitrogens with one attached hydrogen (secondary N) is 1. The highest BCUT2D eigenvalue weighted by Gasteiger charge is 2.33. The molecule has 0 bridgehead atoms. The van der Waals surface area contributed by atoms with Crippen molar-refractivity contribution in [3.63, 3.8) is 0 Å². The Kier molecular flexibility index (Phi) is 3.84. The Morgan fingerprint density at radius 1 is 1.14 bits per heavy atom. The number of amides is 1. The lowest BCUT2D eigenvalue weighted by molar-refractivity contribution is 0.0932. The van der Waals surface area contributed by atoms with Crippen molar-refractivity contribution in [2.24, 2.45) is 5.92 Å². The van der Waals surface area contributed by atoms with Crippen molar-refractivity contribution in [2.45, 2.75) is 18.9 Å². The third-order valence-corrected chi connectivity index (χ3v) is 4.23. The minimum Gasteiger partial charge on any atom is -0.398 e. The molecule has 3 nitrogen and oxygen atoms in total. The molecule has 0 aromatic heterocycles. The van der Waals surface area contributed by atoms with Crippen LogP contribution in [0.3, 0.4) is 0 Å². The van der Waals surface area contributed by atoms with Gasteiger partial charge in [-0.15, -0.1) is 0 Å². The predicted octanol–water partition coefficient (Wildman–Crippen LogP) is 3.80. The van der Waals surface area contributed by atoms with E-state index in [1.165, 1.54) is 0 Å². The zero-order chi connectivity index (χ0) is 14.8. The van der Waals surface area contributed by atoms with Crippen LogP contribution in [0, 0.1) is 5.92 Å². The van der Waals surface area contributed by atoms with Crippen LogP contribution in [0.1, 0.15) is 34.8 Å². The molecule has 3 rings (SSSR count). The minimum absolute atomic E-state index is 0.0381. The first-order valence-electron chi connectivity index (χ1n) is 7.06. The third kappa shape index (κ3) is 3.03. The molecule has 1 atom stereocenters. The second-order valence-corrected chi connectivity index (χ2v) is 5.79. The Hall–Kier alpha value is -2.00. The average Bonchev–Trinajstić information content (AvgIpc) is 3.33. The first-order chi connectivity index (χ1) is 10.2. The van der Waals surface area contributed by atoms with Crippen LogP contribution in [0.5, 0.6) is 0 Å². The maximum atomic E-state index is 12.5. The molecule has 0 aliphatic heterocycles. The second-order valence-electron chi connectivity index (χ2n) is 5.41. The van der Waals surface area contributed by atoms with Gasteiger partial charge in [-0.2, -0.15) is 0 Å². The van der Waals surface area contributed by atoms with Crippen molar-refractivity contribution in [1.82, 2.24) is 5.32 Å².